The highest BCUT2D eigenvalue weighted by molar-refractivity contribution is 8.13. The van der Waals surface area contributed by atoms with Gasteiger partial charge in [0.05, 0.1) is 6.04 Å². The highest BCUT2D eigenvalue weighted by atomic mass is 32.2. The second kappa shape index (κ2) is 5.88. The zero-order chi connectivity index (χ0) is 14.2. The summed E-state index contributed by atoms with van der Waals surface area (Å²) in [4.78, 5) is 7.70. The Morgan fingerprint density at radius 3 is 2.80 bits per heavy atom. The molecule has 3 atom stereocenters. The van der Waals surface area contributed by atoms with Crippen molar-refractivity contribution in [2.24, 2.45) is 10.4 Å². The van der Waals surface area contributed by atoms with Gasteiger partial charge in [-0.25, -0.2) is 0 Å². The lowest BCUT2D eigenvalue weighted by molar-refractivity contribution is 0.185. The van der Waals surface area contributed by atoms with E-state index in [0.29, 0.717) is 17.5 Å². The Balaban J connectivity index is 1.64. The van der Waals surface area contributed by atoms with Crippen LogP contribution >= 0.6 is 11.8 Å². The van der Waals surface area contributed by atoms with Gasteiger partial charge in [0.2, 0.25) is 0 Å². The fourth-order valence-electron chi connectivity index (χ4n) is 3.79. The lowest BCUT2D eigenvalue weighted by Crippen LogP contribution is -2.47. The van der Waals surface area contributed by atoms with E-state index in [1.165, 1.54) is 56.1 Å². The summed E-state index contributed by atoms with van der Waals surface area (Å²) in [6, 6.07) is 1.89. The molecular formula is C16H29N3S. The first-order valence-corrected chi connectivity index (χ1v) is 9.24. The quantitative estimate of drug-likeness (QED) is 0.805. The number of hydrogen-bond donors (Lipinski definition) is 1. The van der Waals surface area contributed by atoms with Crippen molar-refractivity contribution in [1.29, 1.82) is 0 Å². The molecule has 0 aromatic rings. The summed E-state index contributed by atoms with van der Waals surface area (Å²) < 4.78 is 0. The number of amidine groups is 1. The smallest absolute Gasteiger partial charge is 0.157 e. The maximum atomic E-state index is 5.00. The van der Waals surface area contributed by atoms with Crippen LogP contribution in [0.3, 0.4) is 0 Å². The number of aliphatic imine (C=N–C) groups is 1. The molecule has 1 N–H and O–H groups in total. The van der Waals surface area contributed by atoms with E-state index in [1.54, 1.807) is 0 Å². The topological polar surface area (TPSA) is 27.6 Å². The maximum Gasteiger partial charge on any atom is 0.157 e. The molecule has 2 fully saturated rings. The summed E-state index contributed by atoms with van der Waals surface area (Å²) in [5.41, 5.74) is 0.292. The Morgan fingerprint density at radius 1 is 1.15 bits per heavy atom. The predicted molar refractivity (Wildman–Crippen MR) is 88.5 cm³/mol. The molecule has 20 heavy (non-hydrogen) atoms. The maximum absolute atomic E-state index is 5.00. The summed E-state index contributed by atoms with van der Waals surface area (Å²) in [5, 5.41) is 5.01. The predicted octanol–water partition coefficient (Wildman–Crippen LogP) is 3.11. The van der Waals surface area contributed by atoms with Crippen LogP contribution in [0.2, 0.25) is 0 Å². The molecule has 3 unspecified atom stereocenters. The highest BCUT2D eigenvalue weighted by Crippen LogP contribution is 2.32. The van der Waals surface area contributed by atoms with Gasteiger partial charge in [0, 0.05) is 24.4 Å². The molecule has 3 rings (SSSR count). The monoisotopic (exact) mass is 295 g/mol. The van der Waals surface area contributed by atoms with Gasteiger partial charge < -0.3 is 5.32 Å². The minimum atomic E-state index is 0.292. The standard InChI is InChI=1S/C16H29N3S/c1-16(2,3)14-8-11-20-15(18-14)17-12-7-10-19-9-5-4-6-13(12)19/h12-14H,4-11H2,1-3H3,(H,17,18). The summed E-state index contributed by atoms with van der Waals surface area (Å²) in [6.45, 7) is 9.53. The average molecular weight is 295 g/mol. The van der Waals surface area contributed by atoms with Gasteiger partial charge in [-0.15, -0.1) is 0 Å². The Kier molecular flexibility index (Phi) is 4.32. The number of rotatable bonds is 1. The van der Waals surface area contributed by atoms with Crippen LogP contribution in [-0.4, -0.2) is 47.0 Å². The van der Waals surface area contributed by atoms with Crippen molar-refractivity contribution >= 4 is 16.9 Å². The molecule has 0 aromatic carbocycles. The van der Waals surface area contributed by atoms with Gasteiger partial charge in [-0.2, -0.15) is 0 Å². The molecule has 4 heteroatoms. The first kappa shape index (κ1) is 14.7. The van der Waals surface area contributed by atoms with Crippen LogP contribution in [0.25, 0.3) is 0 Å². The van der Waals surface area contributed by atoms with E-state index in [4.69, 9.17) is 4.99 Å². The van der Waals surface area contributed by atoms with Crippen molar-refractivity contribution < 1.29 is 0 Å². The molecule has 3 aliphatic rings. The number of hydrogen-bond acceptors (Lipinski definition) is 4. The van der Waals surface area contributed by atoms with Crippen LogP contribution in [-0.2, 0) is 0 Å². The molecule has 2 saturated heterocycles. The fraction of sp³-hybridized carbons (Fsp3) is 0.938. The molecular weight excluding hydrogens is 266 g/mol. The van der Waals surface area contributed by atoms with Gasteiger partial charge in [0.25, 0.3) is 0 Å². The number of nitrogens with one attached hydrogen (secondary N) is 1. The molecule has 0 aromatic heterocycles. The third-order valence-corrected chi connectivity index (χ3v) is 6.00. The number of fused-ring (bicyclic) bond motifs is 1. The van der Waals surface area contributed by atoms with E-state index in [9.17, 15) is 0 Å². The minimum absolute atomic E-state index is 0.292. The third-order valence-electron chi connectivity index (χ3n) is 5.07. The Hall–Kier alpha value is -0.220. The van der Waals surface area contributed by atoms with Crippen LogP contribution in [0, 0.1) is 5.41 Å². The first-order valence-electron chi connectivity index (χ1n) is 8.25. The third kappa shape index (κ3) is 3.16. The van der Waals surface area contributed by atoms with Crippen LogP contribution < -0.4 is 5.32 Å². The van der Waals surface area contributed by atoms with Crippen LogP contribution in [0.5, 0.6) is 0 Å². The fourth-order valence-corrected chi connectivity index (χ4v) is 4.76. The van der Waals surface area contributed by atoms with Crippen molar-refractivity contribution in [2.75, 3.05) is 18.8 Å². The summed E-state index contributed by atoms with van der Waals surface area (Å²) >= 11 is 1.93. The van der Waals surface area contributed by atoms with Crippen molar-refractivity contribution in [3.05, 3.63) is 0 Å². The van der Waals surface area contributed by atoms with E-state index in [2.05, 4.69) is 31.0 Å². The van der Waals surface area contributed by atoms with Gasteiger partial charge >= 0.3 is 0 Å². The molecule has 0 bridgehead atoms. The molecule has 3 heterocycles. The molecule has 3 aliphatic heterocycles. The molecule has 0 saturated carbocycles. The van der Waals surface area contributed by atoms with Gasteiger partial charge in [-0.1, -0.05) is 39.0 Å². The van der Waals surface area contributed by atoms with E-state index >= 15 is 0 Å². The molecule has 0 aliphatic carbocycles. The number of nitrogens with zero attached hydrogens (tertiary/aromatic N) is 2. The molecule has 3 nitrogen and oxygen atoms in total. The summed E-state index contributed by atoms with van der Waals surface area (Å²) in [5.74, 6) is 1.22. The van der Waals surface area contributed by atoms with Gasteiger partial charge in [0.1, 0.15) is 0 Å². The zero-order valence-corrected chi connectivity index (χ0v) is 14.0. The molecule has 0 radical (unpaired) electrons. The number of piperidine rings is 1. The Morgan fingerprint density at radius 2 is 2.00 bits per heavy atom. The van der Waals surface area contributed by atoms with Crippen LogP contribution in [0.15, 0.2) is 4.99 Å². The van der Waals surface area contributed by atoms with Gasteiger partial charge in [-0.3, -0.25) is 9.89 Å². The average Bonchev–Trinajstić information content (AvgIpc) is 2.82. The lowest BCUT2D eigenvalue weighted by atomic mass is 9.85. The van der Waals surface area contributed by atoms with Crippen molar-refractivity contribution in [3.63, 3.8) is 0 Å². The normalized spacial score (nSPS) is 35.5. The Labute approximate surface area is 128 Å². The number of thioether (sulfide) groups is 1. The van der Waals surface area contributed by atoms with Gasteiger partial charge in [-0.05, 0) is 37.6 Å². The minimum Gasteiger partial charge on any atom is -0.361 e. The van der Waals surface area contributed by atoms with Crippen LogP contribution in [0.4, 0.5) is 0 Å². The SMILES string of the molecule is CC(C)(C)C1CCSC(NC2CCN3CCCCC23)=N1. The van der Waals surface area contributed by atoms with Gasteiger partial charge in [0.15, 0.2) is 5.17 Å². The lowest BCUT2D eigenvalue weighted by Gasteiger charge is -2.35. The molecule has 0 spiro atoms. The summed E-state index contributed by atoms with van der Waals surface area (Å²) in [6.07, 6.45) is 6.69. The van der Waals surface area contributed by atoms with Crippen molar-refractivity contribution in [1.82, 2.24) is 10.2 Å². The summed E-state index contributed by atoms with van der Waals surface area (Å²) in [7, 11) is 0. The Bertz CT molecular complexity index is 374. The van der Waals surface area contributed by atoms with Crippen molar-refractivity contribution in [3.8, 4) is 0 Å². The van der Waals surface area contributed by atoms with E-state index in [1.807, 2.05) is 11.8 Å². The van der Waals surface area contributed by atoms with E-state index in [-0.39, 0.29) is 0 Å². The van der Waals surface area contributed by atoms with Crippen LogP contribution in [0.1, 0.15) is 52.9 Å². The van der Waals surface area contributed by atoms with E-state index < -0.39 is 0 Å². The molecule has 0 amide bonds. The highest BCUT2D eigenvalue weighted by Gasteiger charge is 2.36. The second-order valence-electron chi connectivity index (χ2n) is 7.59. The van der Waals surface area contributed by atoms with Crippen molar-refractivity contribution in [2.45, 2.75) is 71.0 Å². The first-order chi connectivity index (χ1) is 9.54. The van der Waals surface area contributed by atoms with E-state index in [0.717, 1.165) is 6.04 Å². The largest absolute Gasteiger partial charge is 0.361 e. The molecule has 114 valence electrons. The second-order valence-corrected chi connectivity index (χ2v) is 8.68. The zero-order valence-electron chi connectivity index (χ0n) is 13.2.